The van der Waals surface area contributed by atoms with Gasteiger partial charge in [-0.1, -0.05) is 172 Å². The monoisotopic (exact) mass is 703 g/mol. The normalized spacial score (nSPS) is 12.9. The maximum atomic E-state index is 2.65. The summed E-state index contributed by atoms with van der Waals surface area (Å²) in [6.45, 7) is 7.07. The summed E-state index contributed by atoms with van der Waals surface area (Å²) >= 11 is 0. The zero-order valence-electron chi connectivity index (χ0n) is 31.6. The standard InChI is InChI=1S/C53H42BN/c1-36-17-13-14-26-48(36)53(2,3)49-27-16-28-50-47(49)35-43-31-42(39-22-11-6-12-23-39)34-46-45-33-41(38-20-9-5-10-21-38)29-30-51(45)55(54(50)52(43)46)44-25-15-24-40(32-44)37-18-7-4-8-19-37/h4-34H,35H2,1-3H3. The molecule has 2 aliphatic heterocycles. The van der Waals surface area contributed by atoms with Crippen LogP contribution in [-0.2, 0) is 11.8 Å². The number of nitrogens with zero attached hydrogens (tertiary/aromatic N) is 1. The zero-order chi connectivity index (χ0) is 37.1. The summed E-state index contributed by atoms with van der Waals surface area (Å²) in [5.74, 6) is 0. The highest BCUT2D eigenvalue weighted by molar-refractivity contribution is 6.92. The molecular formula is C53H42BN. The molecule has 8 aromatic rings. The van der Waals surface area contributed by atoms with Crippen LogP contribution in [0.2, 0.25) is 0 Å². The molecule has 2 heterocycles. The van der Waals surface area contributed by atoms with E-state index in [0.29, 0.717) is 0 Å². The van der Waals surface area contributed by atoms with Gasteiger partial charge in [-0.2, -0.15) is 0 Å². The second kappa shape index (κ2) is 13.2. The van der Waals surface area contributed by atoms with Crippen LogP contribution in [0.15, 0.2) is 188 Å². The largest absolute Gasteiger partial charge is 0.376 e. The Balaban J connectivity index is 1.27. The first-order valence-electron chi connectivity index (χ1n) is 19.5. The molecule has 0 radical (unpaired) electrons. The number of aryl methyl sites for hydroxylation is 1. The fourth-order valence-electron chi connectivity index (χ4n) is 9.54. The van der Waals surface area contributed by atoms with E-state index in [-0.39, 0.29) is 12.3 Å². The van der Waals surface area contributed by atoms with Gasteiger partial charge in [-0.25, -0.2) is 0 Å². The van der Waals surface area contributed by atoms with Crippen molar-refractivity contribution in [1.82, 2.24) is 0 Å². The third-order valence-corrected chi connectivity index (χ3v) is 12.2. The van der Waals surface area contributed by atoms with Gasteiger partial charge in [0.1, 0.15) is 0 Å². The van der Waals surface area contributed by atoms with Crippen LogP contribution in [0.5, 0.6) is 0 Å². The Hall–Kier alpha value is -6.38. The lowest BCUT2D eigenvalue weighted by molar-refractivity contribution is 0.629. The lowest BCUT2D eigenvalue weighted by Crippen LogP contribution is -2.62. The number of hydrogen-bond acceptors (Lipinski definition) is 1. The molecule has 0 unspecified atom stereocenters. The molecule has 0 fully saturated rings. The van der Waals surface area contributed by atoms with Crippen LogP contribution in [0.3, 0.4) is 0 Å². The minimum absolute atomic E-state index is 0.00714. The first-order valence-corrected chi connectivity index (χ1v) is 19.5. The molecule has 0 aromatic heterocycles. The minimum atomic E-state index is -0.191. The third kappa shape index (κ3) is 5.55. The summed E-state index contributed by atoms with van der Waals surface area (Å²) in [6.07, 6.45) is 0.881. The Kier molecular flexibility index (Phi) is 7.96. The molecule has 0 amide bonds. The SMILES string of the molecule is Cc1ccccc1C(C)(C)c1cccc2c1Cc1cc(-c3ccccc3)cc3c1B2N(c1cccc(-c2ccccc2)c1)c1ccc(-c2ccccc2)cc1-3. The van der Waals surface area contributed by atoms with E-state index in [1.165, 1.54) is 94.6 Å². The van der Waals surface area contributed by atoms with Crippen molar-refractivity contribution in [2.24, 2.45) is 0 Å². The molecule has 262 valence electrons. The number of rotatable bonds is 6. The Morgan fingerprint density at radius 2 is 1.04 bits per heavy atom. The summed E-state index contributed by atoms with van der Waals surface area (Å²) in [5, 5.41) is 0. The molecule has 8 aromatic carbocycles. The van der Waals surface area contributed by atoms with Crippen LogP contribution in [0.25, 0.3) is 44.5 Å². The Bertz CT molecular complexity index is 2710. The van der Waals surface area contributed by atoms with Crippen LogP contribution in [0.4, 0.5) is 11.4 Å². The molecule has 1 nitrogen and oxygen atoms in total. The van der Waals surface area contributed by atoms with Crippen LogP contribution in [0, 0.1) is 6.92 Å². The minimum Gasteiger partial charge on any atom is -0.376 e. The molecule has 0 spiro atoms. The van der Waals surface area contributed by atoms with E-state index >= 15 is 0 Å². The predicted molar refractivity (Wildman–Crippen MR) is 234 cm³/mol. The molecule has 0 N–H and O–H groups in total. The van der Waals surface area contributed by atoms with Crippen LogP contribution < -0.4 is 15.7 Å². The van der Waals surface area contributed by atoms with E-state index < -0.39 is 0 Å². The van der Waals surface area contributed by atoms with E-state index in [4.69, 9.17) is 0 Å². The summed E-state index contributed by atoms with van der Waals surface area (Å²) < 4.78 is 0. The molecule has 0 atom stereocenters. The Labute approximate surface area is 325 Å². The average Bonchev–Trinajstić information content (AvgIpc) is 3.24. The molecular weight excluding hydrogens is 661 g/mol. The molecule has 2 heteroatoms. The first kappa shape index (κ1) is 33.2. The van der Waals surface area contributed by atoms with Crippen molar-refractivity contribution in [3.05, 3.63) is 216 Å². The quantitative estimate of drug-likeness (QED) is 0.156. The van der Waals surface area contributed by atoms with Gasteiger partial charge in [-0.3, -0.25) is 0 Å². The van der Waals surface area contributed by atoms with Crippen molar-refractivity contribution in [1.29, 1.82) is 0 Å². The number of fused-ring (bicyclic) bond motifs is 4. The number of hydrogen-bond donors (Lipinski definition) is 0. The van der Waals surface area contributed by atoms with Crippen molar-refractivity contribution in [3.8, 4) is 44.5 Å². The molecule has 2 aliphatic rings. The Morgan fingerprint density at radius 3 is 1.73 bits per heavy atom. The van der Waals surface area contributed by atoms with E-state index in [1.807, 2.05) is 0 Å². The second-order valence-electron chi connectivity index (χ2n) is 15.7. The lowest BCUT2D eigenvalue weighted by Gasteiger charge is -2.44. The van der Waals surface area contributed by atoms with Gasteiger partial charge in [0, 0.05) is 22.4 Å². The molecule has 55 heavy (non-hydrogen) atoms. The van der Waals surface area contributed by atoms with Crippen LogP contribution in [-0.4, -0.2) is 6.85 Å². The van der Waals surface area contributed by atoms with Crippen molar-refractivity contribution in [2.45, 2.75) is 32.6 Å². The van der Waals surface area contributed by atoms with Crippen molar-refractivity contribution in [2.75, 3.05) is 4.81 Å². The summed E-state index contributed by atoms with van der Waals surface area (Å²) in [6, 6.07) is 69.8. The zero-order valence-corrected chi connectivity index (χ0v) is 31.6. The highest BCUT2D eigenvalue weighted by atomic mass is 15.1. The van der Waals surface area contributed by atoms with Gasteiger partial charge in [0.15, 0.2) is 0 Å². The molecule has 10 rings (SSSR count). The topological polar surface area (TPSA) is 3.24 Å². The summed E-state index contributed by atoms with van der Waals surface area (Å²) in [7, 11) is 0. The third-order valence-electron chi connectivity index (χ3n) is 12.2. The predicted octanol–water partition coefficient (Wildman–Crippen LogP) is 12.2. The smallest absolute Gasteiger partial charge is 0.329 e. The molecule has 0 aliphatic carbocycles. The number of benzene rings is 8. The fraction of sp³-hybridized carbons (Fsp3) is 0.0943. The van der Waals surface area contributed by atoms with Crippen LogP contribution in [0.1, 0.15) is 41.7 Å². The van der Waals surface area contributed by atoms with Gasteiger partial charge < -0.3 is 4.81 Å². The van der Waals surface area contributed by atoms with Gasteiger partial charge in [0.25, 0.3) is 0 Å². The van der Waals surface area contributed by atoms with Gasteiger partial charge in [-0.15, -0.1) is 0 Å². The van der Waals surface area contributed by atoms with Gasteiger partial charge >= 0.3 is 6.85 Å². The van der Waals surface area contributed by atoms with E-state index in [9.17, 15) is 0 Å². The average molecular weight is 704 g/mol. The van der Waals surface area contributed by atoms with Crippen molar-refractivity contribution >= 4 is 29.1 Å². The highest BCUT2D eigenvalue weighted by Gasteiger charge is 2.44. The molecule has 0 saturated heterocycles. The summed E-state index contributed by atoms with van der Waals surface area (Å²) in [4.78, 5) is 2.65. The summed E-state index contributed by atoms with van der Waals surface area (Å²) in [5.41, 5.74) is 22.0. The maximum Gasteiger partial charge on any atom is 0.329 e. The maximum absolute atomic E-state index is 2.65. The van der Waals surface area contributed by atoms with Gasteiger partial charge in [0.05, 0.1) is 0 Å². The fourth-order valence-corrected chi connectivity index (χ4v) is 9.54. The Morgan fingerprint density at radius 1 is 0.473 bits per heavy atom. The highest BCUT2D eigenvalue weighted by Crippen LogP contribution is 2.46. The molecule has 0 saturated carbocycles. The van der Waals surface area contributed by atoms with Crippen molar-refractivity contribution in [3.63, 3.8) is 0 Å². The van der Waals surface area contributed by atoms with Crippen molar-refractivity contribution < 1.29 is 0 Å². The van der Waals surface area contributed by atoms with Gasteiger partial charge in [0.2, 0.25) is 0 Å². The van der Waals surface area contributed by atoms with E-state index in [2.05, 4.69) is 214 Å². The lowest BCUT2D eigenvalue weighted by atomic mass is 9.40. The first-order chi connectivity index (χ1) is 27.0. The van der Waals surface area contributed by atoms with Gasteiger partial charge in [-0.05, 0) is 121 Å². The van der Waals surface area contributed by atoms with Crippen LogP contribution >= 0.6 is 0 Å². The van der Waals surface area contributed by atoms with E-state index in [1.54, 1.807) is 0 Å². The second-order valence-corrected chi connectivity index (χ2v) is 15.7. The number of anilines is 2. The molecule has 0 bridgehead atoms. The van der Waals surface area contributed by atoms with E-state index in [0.717, 1.165) is 6.42 Å².